The van der Waals surface area contributed by atoms with Gasteiger partial charge in [-0.25, -0.2) is 13.4 Å². The number of nitrogens with one attached hydrogen (secondary N) is 1. The fourth-order valence-corrected chi connectivity index (χ4v) is 4.19. The van der Waals surface area contributed by atoms with E-state index < -0.39 is 10.0 Å². The van der Waals surface area contributed by atoms with E-state index in [1.807, 2.05) is 0 Å². The van der Waals surface area contributed by atoms with Gasteiger partial charge in [0.25, 0.3) is 10.0 Å². The lowest BCUT2D eigenvalue weighted by molar-refractivity contribution is 0.601. The minimum absolute atomic E-state index is 0.0290. The molecule has 0 bridgehead atoms. The number of sulfonamides is 1. The van der Waals surface area contributed by atoms with Gasteiger partial charge in [0.2, 0.25) is 0 Å². The topological polar surface area (TPSA) is 85.1 Å². The van der Waals surface area contributed by atoms with Crippen LogP contribution in [0.25, 0.3) is 0 Å². The second-order valence-electron chi connectivity index (χ2n) is 3.44. The van der Waals surface area contributed by atoms with E-state index in [1.165, 1.54) is 23.6 Å². The molecule has 2 rings (SSSR count). The third-order valence-corrected chi connectivity index (χ3v) is 5.28. The van der Waals surface area contributed by atoms with E-state index in [0.29, 0.717) is 5.56 Å². The molecule has 2 aromatic rings. The molecule has 1 heterocycles. The van der Waals surface area contributed by atoms with E-state index in [9.17, 15) is 8.42 Å². The van der Waals surface area contributed by atoms with Crippen molar-refractivity contribution in [2.24, 2.45) is 5.73 Å². The zero-order valence-corrected chi connectivity index (χ0v) is 13.4. The summed E-state index contributed by atoms with van der Waals surface area (Å²) in [5.74, 6) is 0. The van der Waals surface area contributed by atoms with Crippen molar-refractivity contribution in [1.82, 2.24) is 4.98 Å². The van der Waals surface area contributed by atoms with Crippen LogP contribution in [0, 0.1) is 0 Å². The SMILES string of the molecule is NC(=S)c1ccccc1S(=O)(=O)Nc1ncc(Br)s1. The molecular formula is C10H8BrN3O2S3. The van der Waals surface area contributed by atoms with Crippen LogP contribution in [0.15, 0.2) is 39.1 Å². The highest BCUT2D eigenvalue weighted by atomic mass is 79.9. The van der Waals surface area contributed by atoms with Gasteiger partial charge < -0.3 is 5.73 Å². The number of nitrogens with two attached hydrogens (primary N) is 1. The maximum Gasteiger partial charge on any atom is 0.264 e. The zero-order chi connectivity index (χ0) is 14.0. The Balaban J connectivity index is 2.43. The van der Waals surface area contributed by atoms with Gasteiger partial charge in [-0.3, -0.25) is 4.72 Å². The smallest absolute Gasteiger partial charge is 0.264 e. The van der Waals surface area contributed by atoms with Crippen LogP contribution in [0.1, 0.15) is 5.56 Å². The number of anilines is 1. The van der Waals surface area contributed by atoms with E-state index >= 15 is 0 Å². The summed E-state index contributed by atoms with van der Waals surface area (Å²) in [6.45, 7) is 0. The molecule has 9 heteroatoms. The maximum atomic E-state index is 12.3. The summed E-state index contributed by atoms with van der Waals surface area (Å²) in [5, 5.41) is 0.268. The Morgan fingerprint density at radius 1 is 1.42 bits per heavy atom. The molecule has 0 atom stereocenters. The molecule has 0 radical (unpaired) electrons. The normalized spacial score (nSPS) is 11.2. The van der Waals surface area contributed by atoms with Crippen LogP contribution in [0.3, 0.4) is 0 Å². The van der Waals surface area contributed by atoms with Gasteiger partial charge in [0, 0.05) is 5.56 Å². The summed E-state index contributed by atoms with van der Waals surface area (Å²) in [7, 11) is -3.77. The summed E-state index contributed by atoms with van der Waals surface area (Å²) in [4.78, 5) is 3.98. The number of halogens is 1. The number of aromatic nitrogens is 1. The summed E-state index contributed by atoms with van der Waals surface area (Å²) >= 11 is 9.24. The van der Waals surface area contributed by atoms with Gasteiger partial charge in [0.1, 0.15) is 4.99 Å². The average Bonchev–Trinajstić information content (AvgIpc) is 2.74. The molecule has 0 aliphatic heterocycles. The Morgan fingerprint density at radius 3 is 2.68 bits per heavy atom. The molecule has 0 amide bonds. The Labute approximate surface area is 128 Å². The number of hydrogen-bond donors (Lipinski definition) is 2. The van der Waals surface area contributed by atoms with Gasteiger partial charge in [0.15, 0.2) is 5.13 Å². The molecule has 3 N–H and O–H groups in total. The molecule has 0 unspecified atom stereocenters. The Bertz CT molecular complexity index is 727. The lowest BCUT2D eigenvalue weighted by Crippen LogP contribution is -2.19. The number of benzene rings is 1. The first-order valence-electron chi connectivity index (χ1n) is 4.93. The van der Waals surface area contributed by atoms with Crippen LogP contribution >= 0.6 is 39.5 Å². The molecular weight excluding hydrogens is 370 g/mol. The maximum absolute atomic E-state index is 12.3. The van der Waals surface area contributed by atoms with Crippen molar-refractivity contribution in [3.8, 4) is 0 Å². The summed E-state index contributed by atoms with van der Waals surface area (Å²) < 4.78 is 27.6. The summed E-state index contributed by atoms with van der Waals surface area (Å²) in [6, 6.07) is 6.29. The predicted molar refractivity (Wildman–Crippen MR) is 83.0 cm³/mol. The highest BCUT2D eigenvalue weighted by Gasteiger charge is 2.20. The van der Waals surface area contributed by atoms with Crippen molar-refractivity contribution in [1.29, 1.82) is 0 Å². The largest absolute Gasteiger partial charge is 0.389 e. The highest BCUT2D eigenvalue weighted by molar-refractivity contribution is 9.11. The summed E-state index contributed by atoms with van der Waals surface area (Å²) in [5.41, 5.74) is 5.83. The number of rotatable bonds is 4. The quantitative estimate of drug-likeness (QED) is 0.798. The predicted octanol–water partition coefficient (Wildman–Crippen LogP) is 2.34. The third-order valence-electron chi connectivity index (χ3n) is 2.14. The van der Waals surface area contributed by atoms with Crippen molar-refractivity contribution in [2.75, 3.05) is 4.72 Å². The van der Waals surface area contributed by atoms with Gasteiger partial charge in [-0.15, -0.1) is 0 Å². The lowest BCUT2D eigenvalue weighted by Gasteiger charge is -2.09. The summed E-state index contributed by atoms with van der Waals surface area (Å²) in [6.07, 6.45) is 1.52. The van der Waals surface area contributed by atoms with E-state index in [4.69, 9.17) is 18.0 Å². The second-order valence-corrected chi connectivity index (χ2v) is 7.94. The van der Waals surface area contributed by atoms with Crippen LogP contribution in [-0.4, -0.2) is 18.4 Å². The molecule has 0 saturated heterocycles. The molecule has 1 aromatic heterocycles. The number of nitrogens with zero attached hydrogens (tertiary/aromatic N) is 1. The molecule has 0 aliphatic carbocycles. The highest BCUT2D eigenvalue weighted by Crippen LogP contribution is 2.26. The monoisotopic (exact) mass is 377 g/mol. The molecule has 100 valence electrons. The first-order chi connectivity index (χ1) is 8.90. The first kappa shape index (κ1) is 14.4. The fourth-order valence-electron chi connectivity index (χ4n) is 1.38. The molecule has 0 spiro atoms. The van der Waals surface area contributed by atoms with Crippen LogP contribution in [0.2, 0.25) is 0 Å². The van der Waals surface area contributed by atoms with E-state index in [2.05, 4.69) is 25.6 Å². The Morgan fingerprint density at radius 2 is 2.11 bits per heavy atom. The van der Waals surface area contributed by atoms with Gasteiger partial charge in [-0.2, -0.15) is 0 Å². The molecule has 0 saturated carbocycles. The van der Waals surface area contributed by atoms with Crippen LogP contribution in [-0.2, 0) is 10.0 Å². The van der Waals surface area contributed by atoms with Crippen LogP contribution in [0.4, 0.5) is 5.13 Å². The Kier molecular flexibility index (Phi) is 4.19. The van der Waals surface area contributed by atoms with Gasteiger partial charge in [-0.1, -0.05) is 41.8 Å². The van der Waals surface area contributed by atoms with E-state index in [1.54, 1.807) is 18.2 Å². The Hall–Kier alpha value is -1.03. The molecule has 19 heavy (non-hydrogen) atoms. The lowest BCUT2D eigenvalue weighted by atomic mass is 10.2. The standard InChI is InChI=1S/C10H8BrN3O2S3/c11-8-5-13-10(18-8)14-19(15,16)7-4-2-1-3-6(7)9(12)17/h1-5H,(H2,12,17)(H,13,14). The van der Waals surface area contributed by atoms with Gasteiger partial charge >= 0.3 is 0 Å². The van der Waals surface area contributed by atoms with Crippen molar-refractivity contribution >= 4 is 59.6 Å². The number of thiazole rings is 1. The van der Waals surface area contributed by atoms with E-state index in [0.717, 1.165) is 3.79 Å². The molecule has 5 nitrogen and oxygen atoms in total. The minimum atomic E-state index is -3.77. The second kappa shape index (κ2) is 5.53. The molecule has 1 aromatic carbocycles. The van der Waals surface area contributed by atoms with Crippen LogP contribution in [0.5, 0.6) is 0 Å². The van der Waals surface area contributed by atoms with Crippen LogP contribution < -0.4 is 10.5 Å². The number of hydrogen-bond acceptors (Lipinski definition) is 5. The minimum Gasteiger partial charge on any atom is -0.389 e. The van der Waals surface area contributed by atoms with Gasteiger partial charge in [0.05, 0.1) is 14.9 Å². The van der Waals surface area contributed by atoms with Crippen molar-refractivity contribution in [3.63, 3.8) is 0 Å². The van der Waals surface area contributed by atoms with Gasteiger partial charge in [-0.05, 0) is 22.0 Å². The van der Waals surface area contributed by atoms with Crippen molar-refractivity contribution in [2.45, 2.75) is 4.90 Å². The third kappa shape index (κ3) is 3.30. The van der Waals surface area contributed by atoms with E-state index in [-0.39, 0.29) is 15.0 Å². The van der Waals surface area contributed by atoms with Crippen molar-refractivity contribution < 1.29 is 8.42 Å². The molecule has 0 fully saturated rings. The molecule has 0 aliphatic rings. The first-order valence-corrected chi connectivity index (χ1v) is 8.43. The fraction of sp³-hybridized carbons (Fsp3) is 0. The zero-order valence-electron chi connectivity index (χ0n) is 9.33. The van der Waals surface area contributed by atoms with Crippen molar-refractivity contribution in [3.05, 3.63) is 39.8 Å². The number of thiocarbonyl (C=S) groups is 1. The average molecular weight is 378 g/mol.